The Kier molecular flexibility index (Phi) is 12.9. The molecule has 1 heterocycles. The third kappa shape index (κ3) is 9.52. The van der Waals surface area contributed by atoms with Gasteiger partial charge in [-0.1, -0.05) is 0 Å². The molecule has 3 rings (SSSR count). The fourth-order valence-electron chi connectivity index (χ4n) is 3.63. The van der Waals surface area contributed by atoms with Crippen molar-refractivity contribution in [2.24, 2.45) is 0 Å². The number of hydrogen-bond donors (Lipinski definition) is 1. The molecule has 37 heavy (non-hydrogen) atoms. The minimum absolute atomic E-state index is 0.0313. The van der Waals surface area contributed by atoms with Crippen molar-refractivity contribution in [1.29, 1.82) is 0 Å². The fourth-order valence-corrected chi connectivity index (χ4v) is 5.63. The van der Waals surface area contributed by atoms with E-state index in [2.05, 4.69) is 45.2 Å². The van der Waals surface area contributed by atoms with Crippen molar-refractivity contribution >= 4 is 79.3 Å². The number of benzene rings is 2. The molecular weight excluding hydrogens is 722 g/mol. The Morgan fingerprint density at radius 2 is 1.24 bits per heavy atom. The highest BCUT2D eigenvalue weighted by Gasteiger charge is 2.17. The van der Waals surface area contributed by atoms with E-state index < -0.39 is 10.9 Å². The summed E-state index contributed by atoms with van der Waals surface area (Å²) < 4.78 is 7.22. The quantitative estimate of drug-likeness (QED) is 0.134. The summed E-state index contributed by atoms with van der Waals surface area (Å²) in [6.45, 7) is 12.2. The molecule has 0 fully saturated rings. The van der Waals surface area contributed by atoms with Crippen molar-refractivity contribution in [2.45, 2.75) is 48.5 Å². The Bertz CT molecular complexity index is 1400. The van der Waals surface area contributed by atoms with E-state index in [4.69, 9.17) is 16.0 Å². The molecule has 1 N–H and O–H groups in total. The van der Waals surface area contributed by atoms with Crippen LogP contribution in [0.4, 0.5) is 0 Å². The summed E-state index contributed by atoms with van der Waals surface area (Å²) in [5.74, 6) is 2.14. The van der Waals surface area contributed by atoms with E-state index in [0.717, 1.165) is 35.0 Å². The average Bonchev–Trinajstić information content (AvgIpc) is 2.71. The van der Waals surface area contributed by atoms with Crippen LogP contribution in [0, 0.1) is 41.8 Å². The highest BCUT2D eigenvalue weighted by molar-refractivity contribution is 14.1. The molecule has 2 aromatic carbocycles. The van der Waals surface area contributed by atoms with Crippen molar-refractivity contribution in [3.63, 3.8) is 0 Å². The van der Waals surface area contributed by atoms with Gasteiger partial charge < -0.3 is 14.3 Å². The first-order chi connectivity index (χ1) is 17.1. The number of hydrogen-bond acceptors (Lipinski definition) is 6. The molecule has 0 aliphatic carbocycles. The SMILES string of the molecule is CC(C)=O.Cc1cc(I)cc(C)c1C(=C=O)C(=O)Cl.Cc1cc(O)c(-c2c(C)cc(I)cc2C)c(=O)o1. The maximum absolute atomic E-state index is 11.9. The van der Waals surface area contributed by atoms with Crippen LogP contribution in [0.2, 0.25) is 0 Å². The number of carbonyl (C=O) groups excluding carboxylic acids is 3. The molecule has 1 aromatic heterocycles. The first kappa shape index (κ1) is 32.8. The second-order valence-electron chi connectivity index (χ2n) is 8.39. The summed E-state index contributed by atoms with van der Waals surface area (Å²) >= 11 is 9.72. The van der Waals surface area contributed by atoms with Gasteiger partial charge in [-0.3, -0.25) is 4.79 Å². The van der Waals surface area contributed by atoms with Crippen LogP contribution in [0.15, 0.2) is 39.5 Å². The largest absolute Gasteiger partial charge is 0.507 e. The Morgan fingerprint density at radius 3 is 1.59 bits per heavy atom. The molecule has 0 aliphatic rings. The minimum Gasteiger partial charge on any atom is -0.507 e. The number of aryl methyl sites for hydroxylation is 5. The van der Waals surface area contributed by atoms with Crippen molar-refractivity contribution in [2.75, 3.05) is 0 Å². The molecule has 0 spiro atoms. The van der Waals surface area contributed by atoms with Gasteiger partial charge in [-0.2, -0.15) is 0 Å². The summed E-state index contributed by atoms with van der Waals surface area (Å²) in [6, 6.07) is 9.19. The van der Waals surface area contributed by atoms with Crippen LogP contribution in [-0.2, 0) is 14.4 Å². The summed E-state index contributed by atoms with van der Waals surface area (Å²) in [4.78, 5) is 43.1. The molecule has 0 radical (unpaired) electrons. The van der Waals surface area contributed by atoms with Gasteiger partial charge in [-0.25, -0.2) is 9.59 Å². The third-order valence-electron chi connectivity index (χ3n) is 4.85. The zero-order valence-electron chi connectivity index (χ0n) is 21.5. The number of ketones is 1. The van der Waals surface area contributed by atoms with Gasteiger partial charge in [0.05, 0.1) is 0 Å². The zero-order chi connectivity index (χ0) is 28.6. The highest BCUT2D eigenvalue weighted by Crippen LogP contribution is 2.32. The lowest BCUT2D eigenvalue weighted by Crippen LogP contribution is -2.06. The fraction of sp³-hybridized carbons (Fsp3) is 0.250. The summed E-state index contributed by atoms with van der Waals surface area (Å²) in [5.41, 5.74) is 4.59. The van der Waals surface area contributed by atoms with Crippen molar-refractivity contribution in [3.05, 3.63) is 81.5 Å². The predicted molar refractivity (Wildman–Crippen MR) is 164 cm³/mol. The van der Waals surface area contributed by atoms with Crippen LogP contribution in [0.25, 0.3) is 16.7 Å². The van der Waals surface area contributed by atoms with Gasteiger partial charge in [-0.05, 0) is 157 Å². The van der Waals surface area contributed by atoms with E-state index >= 15 is 0 Å². The molecule has 0 aliphatic heterocycles. The average molecular weight is 749 g/mol. The molecule has 0 saturated heterocycles. The van der Waals surface area contributed by atoms with Crippen molar-refractivity contribution in [3.8, 4) is 16.9 Å². The van der Waals surface area contributed by atoms with E-state index in [1.165, 1.54) is 19.9 Å². The lowest BCUT2D eigenvalue weighted by molar-refractivity contribution is -0.115. The molecule has 0 saturated carbocycles. The third-order valence-corrected chi connectivity index (χ3v) is 6.28. The van der Waals surface area contributed by atoms with Crippen molar-refractivity contribution in [1.82, 2.24) is 0 Å². The Labute approximate surface area is 248 Å². The number of allylic oxidation sites excluding steroid dienone is 1. The van der Waals surface area contributed by atoms with E-state index in [1.807, 2.05) is 52.0 Å². The second kappa shape index (κ2) is 14.6. The molecule has 0 bridgehead atoms. The molecule has 6 nitrogen and oxygen atoms in total. The summed E-state index contributed by atoms with van der Waals surface area (Å²) in [5, 5.41) is 9.22. The molecule has 196 valence electrons. The Hall–Kier alpha value is -2.27. The van der Waals surface area contributed by atoms with Crippen LogP contribution in [0.1, 0.15) is 47.4 Å². The molecule has 9 heteroatoms. The standard InChI is InChI=1S/C14H13IO3.C11H8ClIO2.C3H6O/c1-7-4-10(15)5-8(2)12(7)13-11(16)6-9(3)18-14(13)17;1-6-3-8(13)4-7(2)10(6)9(5-14)11(12)15;1-3(2)4/h4-6,16H,1-3H3;3-4H,1-2H3;1-2H3. The lowest BCUT2D eigenvalue weighted by atomic mass is 9.96. The number of halogens is 3. The smallest absolute Gasteiger partial charge is 0.347 e. The summed E-state index contributed by atoms with van der Waals surface area (Å²) in [6.07, 6.45) is 0. The van der Waals surface area contributed by atoms with Gasteiger partial charge in [0.15, 0.2) is 0 Å². The van der Waals surface area contributed by atoms with Crippen LogP contribution in [0.3, 0.4) is 0 Å². The molecule has 0 atom stereocenters. The first-order valence-electron chi connectivity index (χ1n) is 10.9. The van der Waals surface area contributed by atoms with Crippen LogP contribution < -0.4 is 5.63 Å². The van der Waals surface area contributed by atoms with Gasteiger partial charge >= 0.3 is 5.63 Å². The maximum atomic E-state index is 11.9. The summed E-state index contributed by atoms with van der Waals surface area (Å²) in [7, 11) is 0. The number of aromatic hydroxyl groups is 1. The zero-order valence-corrected chi connectivity index (χ0v) is 26.6. The first-order valence-corrected chi connectivity index (χ1v) is 13.4. The molecular formula is C28H27ClI2O6. The van der Waals surface area contributed by atoms with Gasteiger partial charge in [-0.15, -0.1) is 0 Å². The van der Waals surface area contributed by atoms with E-state index in [-0.39, 0.29) is 22.7 Å². The van der Waals surface area contributed by atoms with Gasteiger partial charge in [0, 0.05) is 18.8 Å². The number of rotatable bonds is 3. The number of carbonyl (C=O) groups is 2. The van der Waals surface area contributed by atoms with E-state index in [0.29, 0.717) is 11.3 Å². The Morgan fingerprint density at radius 1 is 0.838 bits per heavy atom. The monoisotopic (exact) mass is 748 g/mol. The highest BCUT2D eigenvalue weighted by atomic mass is 127. The molecule has 0 amide bonds. The predicted octanol–water partition coefficient (Wildman–Crippen LogP) is 7.03. The lowest BCUT2D eigenvalue weighted by Gasteiger charge is -2.11. The van der Waals surface area contributed by atoms with Crippen molar-refractivity contribution < 1.29 is 23.9 Å². The second-order valence-corrected chi connectivity index (χ2v) is 11.2. The maximum Gasteiger partial charge on any atom is 0.347 e. The minimum atomic E-state index is -0.766. The molecule has 3 aromatic rings. The van der Waals surface area contributed by atoms with Crippen LogP contribution >= 0.6 is 56.8 Å². The van der Waals surface area contributed by atoms with E-state index in [9.17, 15) is 24.3 Å². The Balaban J connectivity index is 0.000000328. The van der Waals surface area contributed by atoms with Gasteiger partial charge in [0.25, 0.3) is 5.24 Å². The van der Waals surface area contributed by atoms with Crippen LogP contribution in [-0.4, -0.2) is 22.1 Å². The normalized spacial score (nSPS) is 9.78. The van der Waals surface area contributed by atoms with Crippen LogP contribution in [0.5, 0.6) is 5.75 Å². The number of Topliss-reactive ketones (excluding diaryl/α,β-unsaturated/α-hetero) is 1. The van der Waals surface area contributed by atoms with Gasteiger partial charge in [0.2, 0.25) is 0 Å². The van der Waals surface area contributed by atoms with E-state index in [1.54, 1.807) is 12.9 Å². The molecule has 0 unspecified atom stereocenters. The topological polar surface area (TPSA) is 102 Å². The van der Waals surface area contributed by atoms with Gasteiger partial charge in [0.1, 0.15) is 34.4 Å².